The van der Waals surface area contributed by atoms with E-state index in [0.717, 1.165) is 76.3 Å². The van der Waals surface area contributed by atoms with E-state index in [4.69, 9.17) is 24.1 Å². The monoisotopic (exact) mass is 1180 g/mol. The van der Waals surface area contributed by atoms with Crippen LogP contribution in [0.1, 0.15) is 232 Å². The molecule has 1 aromatic rings. The van der Waals surface area contributed by atoms with E-state index in [1.807, 2.05) is 6.92 Å². The second-order valence-electron chi connectivity index (χ2n) is 22.5. The van der Waals surface area contributed by atoms with Gasteiger partial charge in [-0.25, -0.2) is 4.98 Å². The van der Waals surface area contributed by atoms with Crippen molar-refractivity contribution >= 4 is 52.8 Å². The number of aromatic amines is 1. The van der Waals surface area contributed by atoms with Gasteiger partial charge in [-0.3, -0.25) is 43.2 Å². The fourth-order valence-electron chi connectivity index (χ4n) is 10.1. The fraction of sp³-hybridized carbons (Fsp3) is 0.810. The van der Waals surface area contributed by atoms with Crippen molar-refractivity contribution in [2.75, 3.05) is 72.5 Å². The lowest BCUT2D eigenvalue weighted by molar-refractivity contribution is -0.144. The molecule has 2 atom stereocenters. The maximum atomic E-state index is 12.6. The third-order valence-electron chi connectivity index (χ3n) is 15.1. The molecule has 1 heterocycles. The zero-order chi connectivity index (χ0) is 61.0. The van der Waals surface area contributed by atoms with Gasteiger partial charge < -0.3 is 50.1 Å². The number of imidazole rings is 1. The van der Waals surface area contributed by atoms with Crippen molar-refractivity contribution in [1.82, 2.24) is 25.9 Å². The molecule has 476 valence electrons. The van der Waals surface area contributed by atoms with Gasteiger partial charge in [0.1, 0.15) is 36.3 Å². The Bertz CT molecular complexity index is 1890. The molecule has 1 saturated carbocycles. The average molecular weight is 1180 g/mol. The third-order valence-corrected chi connectivity index (χ3v) is 15.1. The Hall–Kier alpha value is -4.92. The van der Waals surface area contributed by atoms with Crippen molar-refractivity contribution in [3.63, 3.8) is 0 Å². The number of carboxylic acid groups (broad SMARTS) is 2. The minimum atomic E-state index is -0.846. The summed E-state index contributed by atoms with van der Waals surface area (Å²) in [5, 5.41) is 26.0. The molecule has 2 rings (SSSR count). The van der Waals surface area contributed by atoms with E-state index in [0.29, 0.717) is 103 Å². The van der Waals surface area contributed by atoms with Crippen molar-refractivity contribution in [3.05, 3.63) is 18.2 Å². The van der Waals surface area contributed by atoms with Gasteiger partial charge in [0.25, 0.3) is 0 Å². The lowest BCUT2D eigenvalue weighted by atomic mass is 9.76. The largest absolute Gasteiger partial charge is 0.481 e. The van der Waals surface area contributed by atoms with Gasteiger partial charge in [-0.15, -0.1) is 0 Å². The molecule has 0 unspecified atom stereocenters. The summed E-state index contributed by atoms with van der Waals surface area (Å²) >= 11 is 0. The summed E-state index contributed by atoms with van der Waals surface area (Å²) in [6, 6.07) is 0. The lowest BCUT2D eigenvalue weighted by Gasteiger charge is -2.28. The van der Waals surface area contributed by atoms with Gasteiger partial charge >= 0.3 is 11.9 Å². The van der Waals surface area contributed by atoms with Crippen LogP contribution in [0.4, 0.5) is 0 Å². The number of nitrogens with zero attached hydrogens (tertiary/aromatic N) is 1. The summed E-state index contributed by atoms with van der Waals surface area (Å²) < 4.78 is 21.1. The zero-order valence-corrected chi connectivity index (χ0v) is 51.2. The number of carbonyl (C=O) groups is 9. The molecule has 1 fully saturated rings. The minimum absolute atomic E-state index is 0.00962. The summed E-state index contributed by atoms with van der Waals surface area (Å²) in [5.74, 6) is -1.82. The number of Topliss-reactive ketones (excluding diaryl/α,β-unsaturated/α-hetero) is 4. The number of carboxylic acids is 2. The van der Waals surface area contributed by atoms with Crippen LogP contribution in [-0.2, 0) is 68.5 Å². The van der Waals surface area contributed by atoms with Gasteiger partial charge in [-0.1, -0.05) is 110 Å². The van der Waals surface area contributed by atoms with E-state index in [-0.39, 0.29) is 92.8 Å². The molecule has 0 bridgehead atoms. The van der Waals surface area contributed by atoms with E-state index in [1.54, 1.807) is 12.5 Å². The quantitative estimate of drug-likeness (QED) is 0.0331. The molecule has 0 radical (unpaired) electrons. The highest BCUT2D eigenvalue weighted by atomic mass is 16.5. The maximum absolute atomic E-state index is 12.6. The normalized spacial score (nSPS) is 14.6. The molecular formula is C63H109N5O15. The number of hydrogen-bond donors (Lipinski definition) is 6. The lowest BCUT2D eigenvalue weighted by Crippen LogP contribution is -2.31. The highest BCUT2D eigenvalue weighted by molar-refractivity contribution is 5.87. The van der Waals surface area contributed by atoms with Crippen LogP contribution in [0.15, 0.2) is 12.5 Å². The van der Waals surface area contributed by atoms with Gasteiger partial charge in [-0.05, 0) is 83.5 Å². The van der Waals surface area contributed by atoms with Crippen molar-refractivity contribution < 1.29 is 72.3 Å². The standard InChI is InChI=1S/C35H62O6.C28H47N5O9/c1-2-19-31(35(40)41)28-33(37)30-25-22-29(23-26-30)24-27-32(36)20-17-15-13-11-9-7-5-3-4-6-8-10-12-14-16-18-21-34(38)39;1-22(34)24(17-26(36)7-6-25-18-29-21-33-25)5-3-4-8-31-27(37)19-41-16-14-40-12-10-32-28(38)20-42-15-13-39-11-9-30-23(2)35/h29-31H,2-28H2,1H3,(H,38,39)(H,40,41);18,21,24H,3-17,19-20H2,1-2H3,(H,29,33)(H,30,35)(H,31,37)(H,32,38)/t29?,30?,31-;24-/m11/s1. The second kappa shape index (κ2) is 52.6. The number of ether oxygens (including phenoxy) is 4. The summed E-state index contributed by atoms with van der Waals surface area (Å²) in [6.45, 7) is 7.74. The Morgan fingerprint density at radius 3 is 1.57 bits per heavy atom. The van der Waals surface area contributed by atoms with Crippen LogP contribution in [0.25, 0.3) is 0 Å². The first-order chi connectivity index (χ1) is 40.1. The van der Waals surface area contributed by atoms with Gasteiger partial charge in [0, 0.05) is 88.8 Å². The van der Waals surface area contributed by atoms with E-state index in [9.17, 15) is 48.3 Å². The predicted octanol–water partition coefficient (Wildman–Crippen LogP) is 9.82. The van der Waals surface area contributed by atoms with Crippen LogP contribution in [0.2, 0.25) is 0 Å². The smallest absolute Gasteiger partial charge is 0.306 e. The molecule has 20 nitrogen and oxygen atoms in total. The van der Waals surface area contributed by atoms with Gasteiger partial charge in [0.2, 0.25) is 17.7 Å². The third kappa shape index (κ3) is 47.1. The number of aliphatic carboxylic acids is 2. The minimum Gasteiger partial charge on any atom is -0.481 e. The number of ketones is 4. The molecule has 3 amide bonds. The molecule has 83 heavy (non-hydrogen) atoms. The molecular weight excluding hydrogens is 1070 g/mol. The molecule has 1 aromatic heterocycles. The number of carbonyl (C=O) groups excluding carboxylic acids is 7. The van der Waals surface area contributed by atoms with E-state index in [1.165, 1.54) is 90.9 Å². The Morgan fingerprint density at radius 1 is 0.554 bits per heavy atom. The number of unbranched alkanes of at least 4 members (excludes halogenated alkanes) is 16. The Labute approximate surface area is 496 Å². The number of hydrogen-bond acceptors (Lipinski definition) is 14. The molecule has 0 saturated heterocycles. The summed E-state index contributed by atoms with van der Waals surface area (Å²) in [7, 11) is 0. The van der Waals surface area contributed by atoms with Crippen LogP contribution in [0.3, 0.4) is 0 Å². The molecule has 0 aliphatic heterocycles. The topological polar surface area (TPSA) is 296 Å². The number of nitrogens with one attached hydrogen (secondary N) is 4. The van der Waals surface area contributed by atoms with Gasteiger partial charge in [0.05, 0.1) is 51.9 Å². The number of aryl methyl sites for hydroxylation is 1. The Balaban J connectivity index is 0.000000830. The van der Waals surface area contributed by atoms with Gasteiger partial charge in [-0.2, -0.15) is 0 Å². The molecule has 0 spiro atoms. The molecule has 20 heteroatoms. The summed E-state index contributed by atoms with van der Waals surface area (Å²) in [5.41, 5.74) is 0.898. The molecule has 1 aliphatic carbocycles. The number of H-pyrrole nitrogens is 1. The second-order valence-corrected chi connectivity index (χ2v) is 22.5. The van der Waals surface area contributed by atoms with Crippen molar-refractivity contribution in [1.29, 1.82) is 0 Å². The van der Waals surface area contributed by atoms with Crippen LogP contribution < -0.4 is 16.0 Å². The van der Waals surface area contributed by atoms with E-state index >= 15 is 0 Å². The Kier molecular flexibility index (Phi) is 48.2. The Morgan fingerprint density at radius 2 is 1.07 bits per heavy atom. The number of amides is 3. The SMILES string of the molecule is CC(=O)NCCOCCOCC(=O)NCCOCCOCC(=O)NCCCC[C@H](CC(=O)CCc1cnc[nH]1)C(C)=O.CCC[C@H](CC(=O)C1CCC(CCC(=O)CCCCCCCCCCCCCCCCCCC(=O)O)CC1)C(=O)O. The van der Waals surface area contributed by atoms with Crippen molar-refractivity contribution in [2.45, 2.75) is 233 Å². The van der Waals surface area contributed by atoms with Crippen molar-refractivity contribution in [3.8, 4) is 0 Å². The first-order valence-corrected chi connectivity index (χ1v) is 31.7. The first kappa shape index (κ1) is 76.1. The van der Waals surface area contributed by atoms with Crippen LogP contribution in [0.5, 0.6) is 0 Å². The van der Waals surface area contributed by atoms with E-state index in [2.05, 4.69) is 25.9 Å². The maximum Gasteiger partial charge on any atom is 0.306 e. The summed E-state index contributed by atoms with van der Waals surface area (Å²) in [4.78, 5) is 112. The molecule has 0 aromatic carbocycles. The number of rotatable bonds is 55. The van der Waals surface area contributed by atoms with Crippen LogP contribution in [0, 0.1) is 23.7 Å². The summed E-state index contributed by atoms with van der Waals surface area (Å²) in [6.07, 6.45) is 34.0. The molecule has 1 aliphatic rings. The van der Waals surface area contributed by atoms with Crippen LogP contribution >= 0.6 is 0 Å². The average Bonchev–Trinajstić information content (AvgIpc) is 4.04. The predicted molar refractivity (Wildman–Crippen MR) is 319 cm³/mol. The van der Waals surface area contributed by atoms with Gasteiger partial charge in [0.15, 0.2) is 0 Å². The fourth-order valence-corrected chi connectivity index (χ4v) is 10.1. The van der Waals surface area contributed by atoms with Crippen molar-refractivity contribution in [2.24, 2.45) is 23.7 Å². The molecule has 6 N–H and O–H groups in total. The number of aromatic nitrogens is 2. The van der Waals surface area contributed by atoms with Crippen LogP contribution in [-0.4, -0.2) is 145 Å². The zero-order valence-electron chi connectivity index (χ0n) is 51.2. The van der Waals surface area contributed by atoms with E-state index < -0.39 is 17.9 Å². The first-order valence-electron chi connectivity index (χ1n) is 31.7. The highest BCUT2D eigenvalue weighted by Gasteiger charge is 2.30. The highest BCUT2D eigenvalue weighted by Crippen LogP contribution is 2.34.